The van der Waals surface area contributed by atoms with Crippen molar-refractivity contribution in [3.63, 3.8) is 0 Å². The number of nitrogens with zero attached hydrogens (tertiary/aromatic N) is 3. The van der Waals surface area contributed by atoms with E-state index in [-0.39, 0.29) is 0 Å². The van der Waals surface area contributed by atoms with Gasteiger partial charge in [-0.3, -0.25) is 4.98 Å². The van der Waals surface area contributed by atoms with Gasteiger partial charge in [0.25, 0.3) is 0 Å². The molecule has 1 saturated heterocycles. The van der Waals surface area contributed by atoms with Gasteiger partial charge in [-0.2, -0.15) is 0 Å². The third-order valence-corrected chi connectivity index (χ3v) is 3.14. The average molecular weight is 235 g/mol. The van der Waals surface area contributed by atoms with Crippen LogP contribution >= 0.6 is 0 Å². The van der Waals surface area contributed by atoms with Gasteiger partial charge < -0.3 is 9.64 Å². The highest BCUT2D eigenvalue weighted by atomic mass is 16.5. The van der Waals surface area contributed by atoms with Gasteiger partial charge in [0.05, 0.1) is 18.5 Å². The molecule has 4 heteroatoms. The SMILES string of the molecule is CCOCC1CCCN(c2cncc(C)n2)C1. The van der Waals surface area contributed by atoms with Crippen LogP contribution in [0.5, 0.6) is 0 Å². The van der Waals surface area contributed by atoms with Crippen molar-refractivity contribution in [3.8, 4) is 0 Å². The van der Waals surface area contributed by atoms with Crippen LogP contribution in [0.15, 0.2) is 12.4 Å². The topological polar surface area (TPSA) is 38.2 Å². The quantitative estimate of drug-likeness (QED) is 0.800. The zero-order chi connectivity index (χ0) is 12.1. The molecule has 0 radical (unpaired) electrons. The smallest absolute Gasteiger partial charge is 0.147 e. The van der Waals surface area contributed by atoms with E-state index >= 15 is 0 Å². The first kappa shape index (κ1) is 12.3. The lowest BCUT2D eigenvalue weighted by atomic mass is 9.99. The number of hydrogen-bond donors (Lipinski definition) is 0. The molecule has 1 aliphatic heterocycles. The second kappa shape index (κ2) is 5.96. The number of aryl methyl sites for hydroxylation is 1. The van der Waals surface area contributed by atoms with Gasteiger partial charge in [-0.1, -0.05) is 0 Å². The molecular weight excluding hydrogens is 214 g/mol. The predicted molar refractivity (Wildman–Crippen MR) is 68.2 cm³/mol. The Morgan fingerprint density at radius 3 is 3.12 bits per heavy atom. The zero-order valence-corrected chi connectivity index (χ0v) is 10.7. The van der Waals surface area contributed by atoms with Gasteiger partial charge in [0.1, 0.15) is 5.82 Å². The third-order valence-electron chi connectivity index (χ3n) is 3.14. The highest BCUT2D eigenvalue weighted by Gasteiger charge is 2.21. The number of piperidine rings is 1. The molecule has 1 atom stereocenters. The van der Waals surface area contributed by atoms with Crippen molar-refractivity contribution in [3.05, 3.63) is 18.1 Å². The van der Waals surface area contributed by atoms with Crippen LogP contribution in [0.25, 0.3) is 0 Å². The summed E-state index contributed by atoms with van der Waals surface area (Å²) in [6, 6.07) is 0. The average Bonchev–Trinajstić information content (AvgIpc) is 2.37. The van der Waals surface area contributed by atoms with Crippen LogP contribution in [0, 0.1) is 12.8 Å². The molecule has 94 valence electrons. The van der Waals surface area contributed by atoms with Gasteiger partial charge in [0.2, 0.25) is 0 Å². The minimum absolute atomic E-state index is 0.631. The second-order valence-corrected chi connectivity index (χ2v) is 4.63. The number of ether oxygens (including phenoxy) is 1. The fourth-order valence-corrected chi connectivity index (χ4v) is 2.30. The maximum Gasteiger partial charge on any atom is 0.147 e. The van der Waals surface area contributed by atoms with Gasteiger partial charge in [0, 0.05) is 25.9 Å². The molecule has 0 spiro atoms. The highest BCUT2D eigenvalue weighted by Crippen LogP contribution is 2.21. The molecule has 2 rings (SSSR count). The van der Waals surface area contributed by atoms with Crippen molar-refractivity contribution in [1.29, 1.82) is 0 Å². The van der Waals surface area contributed by atoms with Crippen LogP contribution < -0.4 is 4.90 Å². The van der Waals surface area contributed by atoms with Crippen LogP contribution in [0.2, 0.25) is 0 Å². The summed E-state index contributed by atoms with van der Waals surface area (Å²) >= 11 is 0. The molecule has 1 fully saturated rings. The monoisotopic (exact) mass is 235 g/mol. The summed E-state index contributed by atoms with van der Waals surface area (Å²) in [5.41, 5.74) is 0.981. The van der Waals surface area contributed by atoms with Gasteiger partial charge in [-0.05, 0) is 32.6 Å². The molecule has 2 heterocycles. The molecule has 4 nitrogen and oxygen atoms in total. The van der Waals surface area contributed by atoms with Crippen molar-refractivity contribution < 1.29 is 4.74 Å². The Morgan fingerprint density at radius 2 is 2.35 bits per heavy atom. The van der Waals surface area contributed by atoms with Gasteiger partial charge in [0.15, 0.2) is 0 Å². The van der Waals surface area contributed by atoms with E-state index in [1.165, 1.54) is 12.8 Å². The summed E-state index contributed by atoms with van der Waals surface area (Å²) in [6.45, 7) is 7.83. The van der Waals surface area contributed by atoms with Gasteiger partial charge in [-0.25, -0.2) is 4.98 Å². The molecule has 1 aromatic rings. The maximum absolute atomic E-state index is 5.52. The first-order chi connectivity index (χ1) is 8.29. The molecular formula is C13H21N3O. The summed E-state index contributed by atoms with van der Waals surface area (Å²) in [5.74, 6) is 1.64. The van der Waals surface area contributed by atoms with E-state index in [9.17, 15) is 0 Å². The molecule has 1 unspecified atom stereocenters. The normalized spacial score (nSPS) is 20.6. The summed E-state index contributed by atoms with van der Waals surface area (Å²) in [5, 5.41) is 0. The van der Waals surface area contributed by atoms with E-state index < -0.39 is 0 Å². The molecule has 1 aliphatic rings. The fraction of sp³-hybridized carbons (Fsp3) is 0.692. The zero-order valence-electron chi connectivity index (χ0n) is 10.7. The Hall–Kier alpha value is -1.16. The molecule has 17 heavy (non-hydrogen) atoms. The predicted octanol–water partition coefficient (Wildman–Crippen LogP) is 2.04. The molecule has 1 aromatic heterocycles. The largest absolute Gasteiger partial charge is 0.381 e. The lowest BCUT2D eigenvalue weighted by molar-refractivity contribution is 0.104. The molecule has 0 aliphatic carbocycles. The van der Waals surface area contributed by atoms with Gasteiger partial charge in [-0.15, -0.1) is 0 Å². The van der Waals surface area contributed by atoms with E-state index in [1.54, 1.807) is 6.20 Å². The molecule has 0 saturated carbocycles. The number of aromatic nitrogens is 2. The van der Waals surface area contributed by atoms with Crippen molar-refractivity contribution in [1.82, 2.24) is 9.97 Å². The van der Waals surface area contributed by atoms with E-state index in [0.717, 1.165) is 37.8 Å². The molecule has 0 N–H and O–H groups in total. The van der Waals surface area contributed by atoms with E-state index in [4.69, 9.17) is 4.74 Å². The lowest BCUT2D eigenvalue weighted by Crippen LogP contribution is -2.37. The van der Waals surface area contributed by atoms with Crippen LogP contribution in [0.4, 0.5) is 5.82 Å². The third kappa shape index (κ3) is 3.40. The Labute approximate surface area is 103 Å². The fourth-order valence-electron chi connectivity index (χ4n) is 2.30. The minimum Gasteiger partial charge on any atom is -0.381 e. The summed E-state index contributed by atoms with van der Waals surface area (Å²) < 4.78 is 5.52. The van der Waals surface area contributed by atoms with Crippen LogP contribution in [0.3, 0.4) is 0 Å². The van der Waals surface area contributed by atoms with Crippen molar-refractivity contribution in [2.24, 2.45) is 5.92 Å². The van der Waals surface area contributed by atoms with Crippen molar-refractivity contribution >= 4 is 5.82 Å². The van der Waals surface area contributed by atoms with E-state index in [2.05, 4.69) is 14.9 Å². The Bertz CT molecular complexity index is 356. The van der Waals surface area contributed by atoms with Gasteiger partial charge >= 0.3 is 0 Å². The van der Waals surface area contributed by atoms with Crippen molar-refractivity contribution in [2.45, 2.75) is 26.7 Å². The number of anilines is 1. The van der Waals surface area contributed by atoms with Crippen LogP contribution in [0.1, 0.15) is 25.5 Å². The second-order valence-electron chi connectivity index (χ2n) is 4.63. The summed E-state index contributed by atoms with van der Waals surface area (Å²) in [7, 11) is 0. The molecule has 0 bridgehead atoms. The summed E-state index contributed by atoms with van der Waals surface area (Å²) in [6.07, 6.45) is 6.13. The Kier molecular flexibility index (Phi) is 4.31. The first-order valence-electron chi connectivity index (χ1n) is 6.41. The molecule has 0 amide bonds. The Morgan fingerprint density at radius 1 is 1.47 bits per heavy atom. The number of hydrogen-bond acceptors (Lipinski definition) is 4. The van der Waals surface area contributed by atoms with E-state index in [1.807, 2.05) is 20.0 Å². The standard InChI is InChI=1S/C13H21N3O/c1-3-17-10-12-5-4-6-16(9-12)13-8-14-7-11(2)15-13/h7-8,12H,3-6,9-10H2,1-2H3. The summed E-state index contributed by atoms with van der Waals surface area (Å²) in [4.78, 5) is 11.1. The molecule has 0 aromatic carbocycles. The highest BCUT2D eigenvalue weighted by molar-refractivity contribution is 5.36. The van der Waals surface area contributed by atoms with Crippen molar-refractivity contribution in [2.75, 3.05) is 31.2 Å². The van der Waals surface area contributed by atoms with E-state index in [0.29, 0.717) is 5.92 Å². The number of rotatable bonds is 4. The minimum atomic E-state index is 0.631. The Balaban J connectivity index is 1.97. The first-order valence-corrected chi connectivity index (χ1v) is 6.41. The van der Waals surface area contributed by atoms with Crippen LogP contribution in [-0.2, 0) is 4.74 Å². The van der Waals surface area contributed by atoms with Crippen LogP contribution in [-0.4, -0.2) is 36.3 Å². The maximum atomic E-state index is 5.52. The lowest BCUT2D eigenvalue weighted by Gasteiger charge is -2.33.